The second-order valence-corrected chi connectivity index (χ2v) is 8.41. The average molecular weight is 491 g/mol. The van der Waals surface area contributed by atoms with Crippen LogP contribution < -0.4 is 15.5 Å². The zero-order valence-corrected chi connectivity index (χ0v) is 19.8. The van der Waals surface area contributed by atoms with E-state index >= 15 is 0 Å². The van der Waals surface area contributed by atoms with Gasteiger partial charge in [-0.3, -0.25) is 19.7 Å². The number of furan rings is 1. The summed E-state index contributed by atoms with van der Waals surface area (Å²) < 4.78 is 11.2. The Labute approximate surface area is 207 Å². The van der Waals surface area contributed by atoms with Crippen LogP contribution in [0.25, 0.3) is 11.3 Å². The van der Waals surface area contributed by atoms with E-state index in [9.17, 15) is 19.7 Å². The summed E-state index contributed by atoms with van der Waals surface area (Å²) in [5, 5.41) is 17.4. The molecule has 10 heteroatoms. The number of nitrogens with one attached hydrogen (secondary N) is 2. The molecule has 1 aromatic heterocycles. The molecule has 1 aliphatic rings. The van der Waals surface area contributed by atoms with Gasteiger partial charge in [-0.25, -0.2) is 5.43 Å². The van der Waals surface area contributed by atoms with Crippen LogP contribution in [-0.4, -0.2) is 36.1 Å². The van der Waals surface area contributed by atoms with Crippen molar-refractivity contribution in [2.45, 2.75) is 32.6 Å². The van der Waals surface area contributed by atoms with Crippen molar-refractivity contribution < 1.29 is 23.7 Å². The lowest BCUT2D eigenvalue weighted by molar-refractivity contribution is -0.385. The van der Waals surface area contributed by atoms with Gasteiger partial charge in [0.15, 0.2) is 6.61 Å². The number of fused-ring (bicyclic) bond motifs is 1. The number of hydrogen-bond acceptors (Lipinski definition) is 7. The first-order valence-electron chi connectivity index (χ1n) is 11.6. The molecule has 4 rings (SSSR count). The Hall–Kier alpha value is -4.47. The van der Waals surface area contributed by atoms with Crippen LogP contribution in [0.3, 0.4) is 0 Å². The zero-order valence-electron chi connectivity index (χ0n) is 19.8. The Morgan fingerprint density at radius 3 is 2.72 bits per heavy atom. The molecule has 36 heavy (non-hydrogen) atoms. The van der Waals surface area contributed by atoms with E-state index in [0.717, 1.165) is 19.3 Å². The van der Waals surface area contributed by atoms with Crippen LogP contribution in [0.1, 0.15) is 35.3 Å². The van der Waals surface area contributed by atoms with Gasteiger partial charge in [0.1, 0.15) is 17.3 Å². The van der Waals surface area contributed by atoms with E-state index in [1.807, 2.05) is 18.2 Å². The molecule has 0 aliphatic heterocycles. The third-order valence-electron chi connectivity index (χ3n) is 5.91. The third-order valence-corrected chi connectivity index (χ3v) is 5.91. The van der Waals surface area contributed by atoms with Crippen molar-refractivity contribution in [1.29, 1.82) is 0 Å². The van der Waals surface area contributed by atoms with Gasteiger partial charge in [0.05, 0.1) is 17.7 Å². The first kappa shape index (κ1) is 24.6. The van der Waals surface area contributed by atoms with Gasteiger partial charge in [0, 0.05) is 17.2 Å². The number of hydrazone groups is 1. The SMILES string of the molecule is Cc1c(-c2ccc(/C=N\NC(=O)CNC(=O)COc3ccc4c(c3)CCCC4)o2)cccc1[N+](=O)[O-]. The van der Waals surface area contributed by atoms with E-state index < -0.39 is 16.7 Å². The Bertz CT molecular complexity index is 1310. The van der Waals surface area contributed by atoms with Gasteiger partial charge in [-0.15, -0.1) is 0 Å². The van der Waals surface area contributed by atoms with Gasteiger partial charge in [-0.05, 0) is 68.0 Å². The maximum absolute atomic E-state index is 12.0. The monoisotopic (exact) mass is 490 g/mol. The predicted octanol–water partition coefficient (Wildman–Crippen LogP) is 3.69. The van der Waals surface area contributed by atoms with E-state index in [4.69, 9.17) is 9.15 Å². The maximum Gasteiger partial charge on any atom is 0.273 e. The molecule has 1 aliphatic carbocycles. The first-order chi connectivity index (χ1) is 17.4. The number of amides is 2. The minimum atomic E-state index is -0.519. The molecule has 0 unspecified atom stereocenters. The van der Waals surface area contributed by atoms with E-state index in [1.54, 1.807) is 31.2 Å². The first-order valence-corrected chi connectivity index (χ1v) is 11.6. The lowest BCUT2D eigenvalue weighted by Crippen LogP contribution is -2.37. The van der Waals surface area contributed by atoms with E-state index in [0.29, 0.717) is 28.4 Å². The van der Waals surface area contributed by atoms with Crippen molar-refractivity contribution in [3.8, 4) is 17.1 Å². The zero-order chi connectivity index (χ0) is 25.5. The fourth-order valence-corrected chi connectivity index (χ4v) is 4.04. The Morgan fingerprint density at radius 2 is 1.92 bits per heavy atom. The van der Waals surface area contributed by atoms with Gasteiger partial charge in [-0.2, -0.15) is 5.10 Å². The summed E-state index contributed by atoms with van der Waals surface area (Å²) in [6.07, 6.45) is 5.76. The molecule has 0 atom stereocenters. The van der Waals surface area contributed by atoms with E-state index in [-0.39, 0.29) is 18.8 Å². The summed E-state index contributed by atoms with van der Waals surface area (Å²) in [6, 6.07) is 13.9. The number of hydrogen-bond donors (Lipinski definition) is 2. The molecule has 0 saturated heterocycles. The quantitative estimate of drug-likeness (QED) is 0.267. The highest BCUT2D eigenvalue weighted by Gasteiger charge is 2.16. The maximum atomic E-state index is 12.0. The second kappa shape index (κ2) is 11.3. The van der Waals surface area contributed by atoms with Crippen LogP contribution >= 0.6 is 0 Å². The Balaban J connectivity index is 1.22. The van der Waals surface area contributed by atoms with Crippen LogP contribution in [0.2, 0.25) is 0 Å². The highest BCUT2D eigenvalue weighted by Crippen LogP contribution is 2.30. The molecular formula is C26H26N4O6. The summed E-state index contributed by atoms with van der Waals surface area (Å²) in [5.74, 6) is 0.483. The molecule has 3 aromatic rings. The van der Waals surface area contributed by atoms with Crippen LogP contribution in [0.15, 0.2) is 58.0 Å². The highest BCUT2D eigenvalue weighted by atomic mass is 16.6. The summed E-state index contributed by atoms with van der Waals surface area (Å²) in [4.78, 5) is 34.7. The Kier molecular flexibility index (Phi) is 7.74. The smallest absolute Gasteiger partial charge is 0.273 e. The summed E-state index contributed by atoms with van der Waals surface area (Å²) in [7, 11) is 0. The highest BCUT2D eigenvalue weighted by molar-refractivity contribution is 5.86. The average Bonchev–Trinajstić information content (AvgIpc) is 3.34. The number of nitro groups is 1. The molecule has 2 aromatic carbocycles. The topological polar surface area (TPSA) is 136 Å². The van der Waals surface area contributed by atoms with Crippen LogP contribution in [0.4, 0.5) is 5.69 Å². The van der Waals surface area contributed by atoms with E-state index in [2.05, 4.69) is 15.8 Å². The normalized spacial score (nSPS) is 12.7. The minimum Gasteiger partial charge on any atom is -0.484 e. The largest absolute Gasteiger partial charge is 0.484 e. The van der Waals surface area contributed by atoms with Crippen molar-refractivity contribution in [3.05, 3.63) is 81.1 Å². The van der Waals surface area contributed by atoms with Gasteiger partial charge >= 0.3 is 0 Å². The summed E-state index contributed by atoms with van der Waals surface area (Å²) in [6.45, 7) is 1.19. The summed E-state index contributed by atoms with van der Waals surface area (Å²) >= 11 is 0. The van der Waals surface area contributed by atoms with Crippen molar-refractivity contribution in [1.82, 2.24) is 10.7 Å². The van der Waals surface area contributed by atoms with Crippen LogP contribution in [-0.2, 0) is 22.4 Å². The molecule has 186 valence electrons. The molecule has 0 fully saturated rings. The standard InChI is InChI=1S/C26H26N4O6/c1-17-22(7-4-8-23(17)30(33)34)24-12-11-21(36-24)14-28-29-25(31)15-27-26(32)16-35-20-10-9-18-5-2-3-6-19(18)13-20/h4,7-14H,2-3,5-6,15-16H2,1H3,(H,27,32)(H,29,31)/b28-14-. The number of carbonyl (C=O) groups is 2. The van der Waals surface area contributed by atoms with Crippen LogP contribution in [0.5, 0.6) is 5.75 Å². The van der Waals surface area contributed by atoms with Crippen LogP contribution in [0, 0.1) is 17.0 Å². The molecule has 0 spiro atoms. The fourth-order valence-electron chi connectivity index (χ4n) is 4.04. The van der Waals surface area contributed by atoms with Crippen molar-refractivity contribution in [2.75, 3.05) is 13.2 Å². The lowest BCUT2D eigenvalue weighted by atomic mass is 9.92. The third kappa shape index (κ3) is 6.15. The van der Waals surface area contributed by atoms with Gasteiger partial charge in [-0.1, -0.05) is 18.2 Å². The van der Waals surface area contributed by atoms with Gasteiger partial charge in [0.2, 0.25) is 0 Å². The molecule has 1 heterocycles. The molecule has 2 N–H and O–H groups in total. The number of rotatable bonds is 9. The Morgan fingerprint density at radius 1 is 1.11 bits per heavy atom. The van der Waals surface area contributed by atoms with Gasteiger partial charge < -0.3 is 14.5 Å². The molecule has 0 radical (unpaired) electrons. The molecule has 10 nitrogen and oxygen atoms in total. The fraction of sp³-hybridized carbons (Fsp3) is 0.269. The van der Waals surface area contributed by atoms with Crippen molar-refractivity contribution in [3.63, 3.8) is 0 Å². The minimum absolute atomic E-state index is 0.00140. The second-order valence-electron chi connectivity index (χ2n) is 8.41. The van der Waals surface area contributed by atoms with E-state index in [1.165, 1.54) is 29.8 Å². The molecular weight excluding hydrogens is 464 g/mol. The number of benzene rings is 2. The van der Waals surface area contributed by atoms with Gasteiger partial charge in [0.25, 0.3) is 17.5 Å². The predicted molar refractivity (Wildman–Crippen MR) is 133 cm³/mol. The number of nitro benzene ring substituents is 1. The molecule has 0 saturated carbocycles. The number of aryl methyl sites for hydroxylation is 2. The molecule has 2 amide bonds. The molecule has 0 bridgehead atoms. The van der Waals surface area contributed by atoms with Crippen molar-refractivity contribution in [2.24, 2.45) is 5.10 Å². The number of carbonyl (C=O) groups excluding carboxylic acids is 2. The number of ether oxygens (including phenoxy) is 1. The summed E-state index contributed by atoms with van der Waals surface area (Å²) in [5.41, 5.74) is 5.98. The van der Waals surface area contributed by atoms with Crippen molar-refractivity contribution >= 4 is 23.7 Å². The lowest BCUT2D eigenvalue weighted by Gasteiger charge is -2.16. The number of nitrogens with zero attached hydrogens (tertiary/aromatic N) is 2.